The molecule has 0 saturated carbocycles. The van der Waals surface area contributed by atoms with Gasteiger partial charge in [-0.1, -0.05) is 19.1 Å². The van der Waals surface area contributed by atoms with Crippen molar-refractivity contribution in [2.24, 2.45) is 5.41 Å². The third-order valence-corrected chi connectivity index (χ3v) is 3.97. The third-order valence-electron chi connectivity index (χ3n) is 3.97. The van der Waals surface area contributed by atoms with Crippen LogP contribution in [0.2, 0.25) is 0 Å². The number of nitrogens with one attached hydrogen (secondary N) is 1. The number of anilines is 1. The second kappa shape index (κ2) is 5.61. The van der Waals surface area contributed by atoms with Crippen LogP contribution in [0.4, 0.5) is 5.69 Å². The Bertz CT molecular complexity index is 453. The molecule has 1 aromatic carbocycles. The smallest absolute Gasteiger partial charge is 0.232 e. The molecule has 0 unspecified atom stereocenters. The highest BCUT2D eigenvalue weighted by Crippen LogP contribution is 2.34. The maximum Gasteiger partial charge on any atom is 0.232 e. The van der Waals surface area contributed by atoms with E-state index in [0.717, 1.165) is 37.4 Å². The van der Waals surface area contributed by atoms with E-state index >= 15 is 0 Å². The molecule has 1 heterocycles. The van der Waals surface area contributed by atoms with Gasteiger partial charge in [0.25, 0.3) is 0 Å². The molecule has 1 aliphatic rings. The lowest BCUT2D eigenvalue weighted by atomic mass is 9.79. The predicted octanol–water partition coefficient (Wildman–Crippen LogP) is 2.05. The van der Waals surface area contributed by atoms with Gasteiger partial charge in [-0.05, 0) is 38.1 Å². The Morgan fingerprint density at radius 1 is 1.32 bits per heavy atom. The Labute approximate surface area is 114 Å². The molecule has 104 valence electrons. The van der Waals surface area contributed by atoms with Gasteiger partial charge in [0, 0.05) is 12.5 Å². The van der Waals surface area contributed by atoms with Crippen molar-refractivity contribution >= 4 is 11.6 Å². The van der Waals surface area contributed by atoms with Crippen LogP contribution >= 0.6 is 0 Å². The van der Waals surface area contributed by atoms with Gasteiger partial charge < -0.3 is 15.0 Å². The summed E-state index contributed by atoms with van der Waals surface area (Å²) in [6.45, 7) is 3.87. The Hall–Kier alpha value is -1.55. The maximum atomic E-state index is 12.7. The van der Waals surface area contributed by atoms with Gasteiger partial charge in [-0.15, -0.1) is 0 Å². The highest BCUT2D eigenvalue weighted by atomic mass is 16.5. The molecular formula is C15H22N2O2. The fourth-order valence-electron chi connectivity index (χ4n) is 2.61. The summed E-state index contributed by atoms with van der Waals surface area (Å²) in [6.07, 6.45) is 1.76. The molecule has 1 aromatic rings. The zero-order chi connectivity index (χ0) is 13.9. The minimum absolute atomic E-state index is 0.165. The molecule has 0 aromatic heterocycles. The first kappa shape index (κ1) is 13.9. The van der Waals surface area contributed by atoms with Crippen molar-refractivity contribution < 1.29 is 9.53 Å². The molecule has 2 rings (SSSR count). The minimum Gasteiger partial charge on any atom is -0.495 e. The van der Waals surface area contributed by atoms with Crippen LogP contribution in [0.25, 0.3) is 0 Å². The Morgan fingerprint density at radius 3 is 2.58 bits per heavy atom. The number of rotatable bonds is 3. The summed E-state index contributed by atoms with van der Waals surface area (Å²) in [5.41, 5.74) is 0.552. The van der Waals surface area contributed by atoms with Crippen LogP contribution < -0.4 is 15.0 Å². The van der Waals surface area contributed by atoms with Crippen molar-refractivity contribution in [3.05, 3.63) is 24.3 Å². The molecule has 0 aliphatic carbocycles. The van der Waals surface area contributed by atoms with Gasteiger partial charge in [0.15, 0.2) is 0 Å². The number of ether oxygens (including phenoxy) is 1. The molecule has 4 nitrogen and oxygen atoms in total. The summed E-state index contributed by atoms with van der Waals surface area (Å²) in [6, 6.07) is 7.63. The average Bonchev–Trinajstić information content (AvgIpc) is 2.46. The van der Waals surface area contributed by atoms with Crippen molar-refractivity contribution in [2.75, 3.05) is 32.1 Å². The second-order valence-electron chi connectivity index (χ2n) is 5.35. The number of amides is 1. The number of benzene rings is 1. The van der Waals surface area contributed by atoms with Crippen LogP contribution in [0.3, 0.4) is 0 Å². The van der Waals surface area contributed by atoms with E-state index in [1.807, 2.05) is 31.3 Å². The zero-order valence-corrected chi connectivity index (χ0v) is 11.9. The van der Waals surface area contributed by atoms with Gasteiger partial charge in [-0.25, -0.2) is 0 Å². The fourth-order valence-corrected chi connectivity index (χ4v) is 2.61. The van der Waals surface area contributed by atoms with E-state index in [4.69, 9.17) is 4.74 Å². The first-order chi connectivity index (χ1) is 9.08. The minimum atomic E-state index is -0.277. The highest BCUT2D eigenvalue weighted by molar-refractivity contribution is 5.98. The lowest BCUT2D eigenvalue weighted by Gasteiger charge is -2.36. The summed E-state index contributed by atoms with van der Waals surface area (Å²) in [7, 11) is 3.46. The van der Waals surface area contributed by atoms with Gasteiger partial charge in [-0.2, -0.15) is 0 Å². The quantitative estimate of drug-likeness (QED) is 0.906. The average molecular weight is 262 g/mol. The lowest BCUT2D eigenvalue weighted by Crippen LogP contribution is -2.46. The molecule has 1 saturated heterocycles. The Balaban J connectivity index is 2.23. The van der Waals surface area contributed by atoms with Crippen molar-refractivity contribution in [3.8, 4) is 5.75 Å². The number of methoxy groups -OCH3 is 1. The third kappa shape index (κ3) is 2.73. The number of piperidine rings is 1. The Morgan fingerprint density at radius 2 is 1.95 bits per heavy atom. The molecular weight excluding hydrogens is 240 g/mol. The topological polar surface area (TPSA) is 41.6 Å². The van der Waals surface area contributed by atoms with Crippen LogP contribution in [-0.2, 0) is 4.79 Å². The summed E-state index contributed by atoms with van der Waals surface area (Å²) in [5, 5.41) is 3.30. The van der Waals surface area contributed by atoms with E-state index in [2.05, 4.69) is 12.2 Å². The van der Waals surface area contributed by atoms with Crippen molar-refractivity contribution in [1.29, 1.82) is 0 Å². The summed E-state index contributed by atoms with van der Waals surface area (Å²) in [4.78, 5) is 14.5. The van der Waals surface area contributed by atoms with E-state index in [1.54, 1.807) is 12.0 Å². The van der Waals surface area contributed by atoms with Gasteiger partial charge in [0.2, 0.25) is 5.91 Å². The number of carbonyl (C=O) groups excluding carboxylic acids is 1. The molecule has 1 N–H and O–H groups in total. The number of hydrogen-bond acceptors (Lipinski definition) is 3. The molecule has 1 amide bonds. The second-order valence-corrected chi connectivity index (χ2v) is 5.35. The molecule has 0 radical (unpaired) electrons. The number of para-hydroxylation sites is 2. The van der Waals surface area contributed by atoms with Crippen molar-refractivity contribution in [1.82, 2.24) is 5.32 Å². The molecule has 1 aliphatic heterocycles. The van der Waals surface area contributed by atoms with Crippen LogP contribution in [0.5, 0.6) is 5.75 Å². The highest BCUT2D eigenvalue weighted by Gasteiger charge is 2.37. The first-order valence-corrected chi connectivity index (χ1v) is 6.70. The first-order valence-electron chi connectivity index (χ1n) is 6.70. The van der Waals surface area contributed by atoms with Gasteiger partial charge in [0.1, 0.15) is 5.75 Å². The van der Waals surface area contributed by atoms with Gasteiger partial charge in [-0.3, -0.25) is 4.79 Å². The Kier molecular flexibility index (Phi) is 4.10. The summed E-state index contributed by atoms with van der Waals surface area (Å²) in [5.74, 6) is 0.898. The fraction of sp³-hybridized carbons (Fsp3) is 0.533. The number of carbonyl (C=O) groups is 1. The van der Waals surface area contributed by atoms with Crippen molar-refractivity contribution in [3.63, 3.8) is 0 Å². The lowest BCUT2D eigenvalue weighted by molar-refractivity contribution is -0.128. The van der Waals surface area contributed by atoms with Gasteiger partial charge >= 0.3 is 0 Å². The standard InChI is InChI=1S/C15H22N2O2/c1-15(8-10-16-11-9-15)14(18)17(2)12-6-4-5-7-13(12)19-3/h4-7,16H,8-11H2,1-3H3. The van der Waals surface area contributed by atoms with E-state index < -0.39 is 0 Å². The largest absolute Gasteiger partial charge is 0.495 e. The van der Waals surface area contributed by atoms with Crippen LogP contribution in [-0.4, -0.2) is 33.2 Å². The summed E-state index contributed by atoms with van der Waals surface area (Å²) >= 11 is 0. The van der Waals surface area contributed by atoms with E-state index in [0.29, 0.717) is 0 Å². The normalized spacial score (nSPS) is 17.8. The molecule has 0 spiro atoms. The van der Waals surface area contributed by atoms with E-state index in [-0.39, 0.29) is 11.3 Å². The SMILES string of the molecule is COc1ccccc1N(C)C(=O)C1(C)CCNCC1. The van der Waals surface area contributed by atoms with E-state index in [1.165, 1.54) is 0 Å². The molecule has 4 heteroatoms. The zero-order valence-electron chi connectivity index (χ0n) is 11.9. The summed E-state index contributed by atoms with van der Waals surface area (Å²) < 4.78 is 5.33. The van der Waals surface area contributed by atoms with Crippen LogP contribution in [0.15, 0.2) is 24.3 Å². The predicted molar refractivity (Wildman–Crippen MR) is 76.6 cm³/mol. The van der Waals surface area contributed by atoms with Gasteiger partial charge in [0.05, 0.1) is 12.8 Å². The molecule has 1 fully saturated rings. The van der Waals surface area contributed by atoms with E-state index in [9.17, 15) is 4.79 Å². The molecule has 0 bridgehead atoms. The molecule has 19 heavy (non-hydrogen) atoms. The van der Waals surface area contributed by atoms with Crippen LogP contribution in [0, 0.1) is 5.41 Å². The monoisotopic (exact) mass is 262 g/mol. The molecule has 0 atom stereocenters. The van der Waals surface area contributed by atoms with Crippen LogP contribution in [0.1, 0.15) is 19.8 Å². The number of nitrogens with zero attached hydrogens (tertiary/aromatic N) is 1. The number of hydrogen-bond donors (Lipinski definition) is 1. The maximum absolute atomic E-state index is 12.7. The van der Waals surface area contributed by atoms with Crippen molar-refractivity contribution in [2.45, 2.75) is 19.8 Å².